The van der Waals surface area contributed by atoms with Crippen LogP contribution in [0.15, 0.2) is 24.3 Å². The van der Waals surface area contributed by atoms with Crippen LogP contribution in [0.2, 0.25) is 0 Å². The van der Waals surface area contributed by atoms with Crippen molar-refractivity contribution in [1.29, 1.82) is 0 Å². The SMILES string of the molecule is C1=CCC/C=C\CC1.O=S(=O)([O-])C(F)(F)F.[Rh]. The van der Waals surface area contributed by atoms with E-state index >= 15 is 0 Å². The van der Waals surface area contributed by atoms with Gasteiger partial charge in [-0.15, -0.1) is 0 Å². The summed E-state index contributed by atoms with van der Waals surface area (Å²) in [5, 5.41) is 0. The maximum atomic E-state index is 10.7. The molecule has 3 nitrogen and oxygen atoms in total. The normalized spacial score (nSPS) is 17.9. The molecule has 0 unspecified atom stereocenters. The summed E-state index contributed by atoms with van der Waals surface area (Å²) >= 11 is 0. The predicted molar refractivity (Wildman–Crippen MR) is 52.5 cm³/mol. The summed E-state index contributed by atoms with van der Waals surface area (Å²) in [6.45, 7) is 0. The zero-order valence-corrected chi connectivity index (χ0v) is 11.2. The Balaban J connectivity index is 0. The molecule has 0 aromatic rings. The summed E-state index contributed by atoms with van der Waals surface area (Å²) in [6.07, 6.45) is 14.0. The third kappa shape index (κ3) is 10.7. The zero-order valence-electron chi connectivity index (χ0n) is 8.74. The van der Waals surface area contributed by atoms with Crippen molar-refractivity contribution in [3.8, 4) is 0 Å². The average molecular weight is 360 g/mol. The smallest absolute Gasteiger partial charge is 0.485 e. The number of hydrogen-bond acceptors (Lipinski definition) is 3. The molecule has 17 heavy (non-hydrogen) atoms. The van der Waals surface area contributed by atoms with Crippen LogP contribution in [0.5, 0.6) is 0 Å². The maximum absolute atomic E-state index is 10.7. The molecule has 0 fully saturated rings. The predicted octanol–water partition coefficient (Wildman–Crippen LogP) is 2.72. The van der Waals surface area contributed by atoms with E-state index < -0.39 is 15.6 Å². The van der Waals surface area contributed by atoms with Gasteiger partial charge in [0.25, 0.3) is 0 Å². The molecule has 1 aliphatic rings. The molecule has 1 rings (SSSR count). The van der Waals surface area contributed by atoms with E-state index in [2.05, 4.69) is 24.3 Å². The maximum Gasteiger partial charge on any atom is 0.485 e. The Bertz CT molecular complexity index is 321. The quantitative estimate of drug-likeness (QED) is 0.289. The molecule has 0 spiro atoms. The second-order valence-electron chi connectivity index (χ2n) is 3.00. The van der Waals surface area contributed by atoms with Crippen LogP contribution in [0.4, 0.5) is 13.2 Å². The van der Waals surface area contributed by atoms with Crippen molar-refractivity contribution in [3.05, 3.63) is 24.3 Å². The van der Waals surface area contributed by atoms with E-state index in [0.29, 0.717) is 0 Å². The van der Waals surface area contributed by atoms with Crippen molar-refractivity contribution < 1.29 is 45.6 Å². The summed E-state index contributed by atoms with van der Waals surface area (Å²) in [6, 6.07) is 0. The second-order valence-corrected chi connectivity index (χ2v) is 4.37. The first-order chi connectivity index (χ1) is 7.25. The Labute approximate surface area is 111 Å². The molecule has 0 heterocycles. The van der Waals surface area contributed by atoms with Crippen LogP contribution in [0.3, 0.4) is 0 Å². The van der Waals surface area contributed by atoms with Gasteiger partial charge < -0.3 is 4.55 Å². The Kier molecular flexibility index (Phi) is 9.95. The zero-order chi connectivity index (χ0) is 12.7. The van der Waals surface area contributed by atoms with E-state index in [0.717, 1.165) is 0 Å². The summed E-state index contributed by atoms with van der Waals surface area (Å²) in [4.78, 5) is 0. The topological polar surface area (TPSA) is 57.2 Å². The van der Waals surface area contributed by atoms with E-state index in [9.17, 15) is 13.2 Å². The largest absolute Gasteiger partial charge is 0.741 e. The van der Waals surface area contributed by atoms with Gasteiger partial charge >= 0.3 is 5.51 Å². The third-order valence-corrected chi connectivity index (χ3v) is 2.18. The van der Waals surface area contributed by atoms with Crippen LogP contribution in [-0.2, 0) is 29.6 Å². The van der Waals surface area contributed by atoms with Gasteiger partial charge in [-0.05, 0) is 25.7 Å². The fraction of sp³-hybridized carbons (Fsp3) is 0.556. The monoisotopic (exact) mass is 360 g/mol. The minimum absolute atomic E-state index is 0. The van der Waals surface area contributed by atoms with Crippen molar-refractivity contribution >= 4 is 10.1 Å². The first-order valence-corrected chi connectivity index (χ1v) is 5.98. The van der Waals surface area contributed by atoms with Crippen LogP contribution < -0.4 is 0 Å². The van der Waals surface area contributed by atoms with Crippen LogP contribution in [-0.4, -0.2) is 18.5 Å². The number of hydrogen-bond donors (Lipinski definition) is 0. The van der Waals surface area contributed by atoms with E-state index in [4.69, 9.17) is 13.0 Å². The van der Waals surface area contributed by atoms with E-state index in [1.165, 1.54) is 25.7 Å². The van der Waals surface area contributed by atoms with Gasteiger partial charge in [0, 0.05) is 19.5 Å². The molecular weight excluding hydrogens is 348 g/mol. The fourth-order valence-corrected chi connectivity index (χ4v) is 0.856. The molecule has 103 valence electrons. The molecular formula is C9H12F3O3RhS-. The molecule has 0 bridgehead atoms. The molecule has 0 aromatic carbocycles. The van der Waals surface area contributed by atoms with Crippen molar-refractivity contribution in [2.75, 3.05) is 0 Å². The number of rotatable bonds is 0. The molecule has 0 aromatic heterocycles. The van der Waals surface area contributed by atoms with E-state index in [-0.39, 0.29) is 19.5 Å². The minimum atomic E-state index is -6.09. The van der Waals surface area contributed by atoms with Gasteiger partial charge in [-0.2, -0.15) is 13.2 Å². The summed E-state index contributed by atoms with van der Waals surface area (Å²) in [7, 11) is -6.09. The van der Waals surface area contributed by atoms with Crippen molar-refractivity contribution in [3.63, 3.8) is 0 Å². The van der Waals surface area contributed by atoms with Gasteiger partial charge in [0.2, 0.25) is 0 Å². The van der Waals surface area contributed by atoms with Crippen molar-refractivity contribution in [2.24, 2.45) is 0 Å². The molecule has 0 N–H and O–H groups in total. The molecule has 0 atom stereocenters. The van der Waals surface area contributed by atoms with Gasteiger partial charge in [0.15, 0.2) is 10.1 Å². The van der Waals surface area contributed by atoms with Gasteiger partial charge in [0.1, 0.15) is 0 Å². The number of halogens is 3. The molecule has 0 saturated heterocycles. The van der Waals surface area contributed by atoms with Crippen LogP contribution >= 0.6 is 0 Å². The molecule has 0 saturated carbocycles. The standard InChI is InChI=1S/C8H12.CHF3O3S.Rh/c1-2-4-6-8-7-5-3-1;2-1(3,4)8(5,6)7;/h1-2,7-8H,3-6H2;(H,5,6,7);/p-1/b2-1-,8-7?;;. The van der Waals surface area contributed by atoms with E-state index in [1.807, 2.05) is 0 Å². The second kappa shape index (κ2) is 8.83. The first kappa shape index (κ1) is 19.2. The Morgan fingerprint density at radius 2 is 1.06 bits per heavy atom. The average Bonchev–Trinajstić information content (AvgIpc) is 1.98. The van der Waals surface area contributed by atoms with Gasteiger partial charge in [-0.25, -0.2) is 8.42 Å². The summed E-state index contributed by atoms with van der Waals surface area (Å²) in [5.74, 6) is 0. The summed E-state index contributed by atoms with van der Waals surface area (Å²) in [5.41, 5.74) is -5.65. The molecule has 0 aliphatic heterocycles. The van der Waals surface area contributed by atoms with Crippen LogP contribution in [0.1, 0.15) is 25.7 Å². The number of alkyl halides is 3. The molecule has 1 radical (unpaired) electrons. The van der Waals surface area contributed by atoms with Crippen LogP contribution in [0.25, 0.3) is 0 Å². The third-order valence-electron chi connectivity index (χ3n) is 1.62. The van der Waals surface area contributed by atoms with Crippen LogP contribution in [0, 0.1) is 0 Å². The molecule has 8 heteroatoms. The van der Waals surface area contributed by atoms with Crippen molar-refractivity contribution in [1.82, 2.24) is 0 Å². The van der Waals surface area contributed by atoms with Gasteiger partial charge in [-0.1, -0.05) is 24.3 Å². The Morgan fingerprint density at radius 3 is 1.18 bits per heavy atom. The molecule has 1 aliphatic carbocycles. The van der Waals surface area contributed by atoms with Crippen molar-refractivity contribution in [2.45, 2.75) is 31.2 Å². The van der Waals surface area contributed by atoms with Gasteiger partial charge in [-0.3, -0.25) is 0 Å². The Hall–Kier alpha value is -0.197. The van der Waals surface area contributed by atoms with E-state index in [1.54, 1.807) is 0 Å². The summed E-state index contributed by atoms with van der Waals surface area (Å²) < 4.78 is 58.9. The van der Waals surface area contributed by atoms with Gasteiger partial charge in [0.05, 0.1) is 0 Å². The first-order valence-electron chi connectivity index (χ1n) is 4.57. The number of allylic oxidation sites excluding steroid dienone is 4. The minimum Gasteiger partial charge on any atom is -0.741 e. The Morgan fingerprint density at radius 1 is 0.882 bits per heavy atom. The molecule has 0 amide bonds. The fourth-order valence-electron chi connectivity index (χ4n) is 0.856.